The van der Waals surface area contributed by atoms with Crippen LogP contribution in [0, 0.1) is 11.3 Å². The molecule has 0 aliphatic rings. The molecule has 0 spiro atoms. The summed E-state index contributed by atoms with van der Waals surface area (Å²) >= 11 is 0. The SMILES string of the molecule is CNC(=O)Nc1ccc(NC(=O)/C=C/c2cn(CCC#N)c3ccccc23)cc1. The van der Waals surface area contributed by atoms with Crippen LogP contribution in [0.25, 0.3) is 17.0 Å². The van der Waals surface area contributed by atoms with E-state index in [0.717, 1.165) is 16.5 Å². The minimum atomic E-state index is -0.307. The molecule has 1 aromatic heterocycles. The number of amides is 3. The van der Waals surface area contributed by atoms with Gasteiger partial charge < -0.3 is 20.5 Å². The number of aromatic nitrogens is 1. The van der Waals surface area contributed by atoms with Gasteiger partial charge in [-0.05, 0) is 36.4 Å². The van der Waals surface area contributed by atoms with Crippen LogP contribution in [0.5, 0.6) is 0 Å². The summed E-state index contributed by atoms with van der Waals surface area (Å²) in [4.78, 5) is 23.6. The van der Waals surface area contributed by atoms with E-state index in [1.807, 2.05) is 35.0 Å². The monoisotopic (exact) mass is 387 g/mol. The number of fused-ring (bicyclic) bond motifs is 1. The van der Waals surface area contributed by atoms with Crippen LogP contribution in [0.15, 0.2) is 60.8 Å². The second-order valence-electron chi connectivity index (χ2n) is 6.31. The van der Waals surface area contributed by atoms with Gasteiger partial charge in [0, 0.05) is 53.7 Å². The molecule has 0 aliphatic carbocycles. The number of carbonyl (C=O) groups excluding carboxylic acids is 2. The van der Waals surface area contributed by atoms with Gasteiger partial charge in [0.1, 0.15) is 0 Å². The number of carbonyl (C=O) groups is 2. The van der Waals surface area contributed by atoms with Crippen LogP contribution in [0.2, 0.25) is 0 Å². The lowest BCUT2D eigenvalue weighted by molar-refractivity contribution is -0.111. The van der Waals surface area contributed by atoms with E-state index in [0.29, 0.717) is 24.3 Å². The van der Waals surface area contributed by atoms with E-state index in [-0.39, 0.29) is 11.9 Å². The summed E-state index contributed by atoms with van der Waals surface area (Å²) < 4.78 is 2.02. The number of urea groups is 1. The van der Waals surface area contributed by atoms with Crippen molar-refractivity contribution in [1.82, 2.24) is 9.88 Å². The van der Waals surface area contributed by atoms with Gasteiger partial charge in [-0.2, -0.15) is 5.26 Å². The number of nitrogens with zero attached hydrogens (tertiary/aromatic N) is 2. The van der Waals surface area contributed by atoms with Gasteiger partial charge in [-0.1, -0.05) is 18.2 Å². The number of hydrogen-bond donors (Lipinski definition) is 3. The van der Waals surface area contributed by atoms with Gasteiger partial charge in [0.05, 0.1) is 12.5 Å². The van der Waals surface area contributed by atoms with Gasteiger partial charge in [-0.3, -0.25) is 4.79 Å². The highest BCUT2D eigenvalue weighted by atomic mass is 16.2. The summed E-state index contributed by atoms with van der Waals surface area (Å²) in [6.45, 7) is 0.605. The van der Waals surface area contributed by atoms with Gasteiger partial charge >= 0.3 is 6.03 Å². The van der Waals surface area contributed by atoms with Crippen LogP contribution in [0.4, 0.5) is 16.2 Å². The minimum Gasteiger partial charge on any atom is -0.346 e. The van der Waals surface area contributed by atoms with Gasteiger partial charge in [-0.25, -0.2) is 4.79 Å². The largest absolute Gasteiger partial charge is 0.346 e. The van der Waals surface area contributed by atoms with Gasteiger partial charge in [-0.15, -0.1) is 0 Å². The average Bonchev–Trinajstić information content (AvgIpc) is 3.10. The molecule has 2 aromatic carbocycles. The fourth-order valence-corrected chi connectivity index (χ4v) is 2.94. The van der Waals surface area contributed by atoms with Gasteiger partial charge in [0.2, 0.25) is 5.91 Å². The van der Waals surface area contributed by atoms with Crippen LogP contribution in [-0.2, 0) is 11.3 Å². The van der Waals surface area contributed by atoms with Crippen molar-refractivity contribution < 1.29 is 9.59 Å². The molecule has 0 radical (unpaired) electrons. The van der Waals surface area contributed by atoms with E-state index in [1.54, 1.807) is 30.3 Å². The Morgan fingerprint density at radius 1 is 1.07 bits per heavy atom. The minimum absolute atomic E-state index is 0.258. The predicted molar refractivity (Wildman–Crippen MR) is 114 cm³/mol. The summed E-state index contributed by atoms with van der Waals surface area (Å²) in [7, 11) is 1.54. The first-order valence-electron chi connectivity index (χ1n) is 9.13. The number of para-hydroxylation sites is 1. The lowest BCUT2D eigenvalue weighted by Crippen LogP contribution is -2.24. The van der Waals surface area contributed by atoms with Crippen molar-refractivity contribution >= 4 is 40.3 Å². The molecule has 3 aromatic rings. The fraction of sp³-hybridized carbons (Fsp3) is 0.136. The molecule has 0 saturated carbocycles. The Labute approximate surface area is 168 Å². The van der Waals surface area contributed by atoms with Crippen molar-refractivity contribution in [1.29, 1.82) is 5.26 Å². The van der Waals surface area contributed by atoms with Crippen LogP contribution in [-0.4, -0.2) is 23.6 Å². The number of benzene rings is 2. The number of rotatable bonds is 6. The molecule has 146 valence electrons. The van der Waals surface area contributed by atoms with Crippen molar-refractivity contribution in [3.8, 4) is 6.07 Å². The fourth-order valence-electron chi connectivity index (χ4n) is 2.94. The maximum atomic E-state index is 12.3. The lowest BCUT2D eigenvalue weighted by Gasteiger charge is -2.06. The third-order valence-electron chi connectivity index (χ3n) is 4.34. The molecule has 29 heavy (non-hydrogen) atoms. The van der Waals surface area contributed by atoms with E-state index in [9.17, 15) is 9.59 Å². The second-order valence-corrected chi connectivity index (χ2v) is 6.31. The van der Waals surface area contributed by atoms with Gasteiger partial charge in [0.15, 0.2) is 0 Å². The molecule has 3 amide bonds. The van der Waals surface area contributed by atoms with Crippen molar-refractivity contribution in [2.45, 2.75) is 13.0 Å². The number of anilines is 2. The molecule has 0 atom stereocenters. The number of nitrogens with one attached hydrogen (secondary N) is 3. The smallest absolute Gasteiger partial charge is 0.318 e. The Morgan fingerprint density at radius 3 is 2.45 bits per heavy atom. The van der Waals surface area contributed by atoms with Crippen LogP contribution < -0.4 is 16.0 Å². The topological polar surface area (TPSA) is 98.9 Å². The lowest BCUT2D eigenvalue weighted by atomic mass is 10.1. The third-order valence-corrected chi connectivity index (χ3v) is 4.34. The van der Waals surface area contributed by atoms with Crippen molar-refractivity contribution in [3.05, 3.63) is 66.4 Å². The standard InChI is InChI=1S/C22H21N5O2/c1-24-22(29)26-18-10-8-17(9-11-18)25-21(28)12-7-16-15-27(14-4-13-23)20-6-3-2-5-19(16)20/h2-3,5-12,15H,4,14H2,1H3,(H,25,28)(H2,24,26,29)/b12-7+. The number of aryl methyl sites for hydroxylation is 1. The van der Waals surface area contributed by atoms with Crippen LogP contribution in [0.1, 0.15) is 12.0 Å². The molecule has 0 unspecified atom stereocenters. The summed E-state index contributed by atoms with van der Waals surface area (Å²) in [5.74, 6) is -0.258. The average molecular weight is 387 g/mol. The van der Waals surface area contributed by atoms with E-state index in [2.05, 4.69) is 22.0 Å². The first-order chi connectivity index (χ1) is 14.1. The second kappa shape index (κ2) is 9.24. The molecular formula is C22H21N5O2. The summed E-state index contributed by atoms with van der Waals surface area (Å²) in [6.07, 6.45) is 5.62. The van der Waals surface area contributed by atoms with E-state index in [4.69, 9.17) is 5.26 Å². The summed E-state index contributed by atoms with van der Waals surface area (Å²) in [6, 6.07) is 16.6. The maximum Gasteiger partial charge on any atom is 0.318 e. The van der Waals surface area contributed by atoms with E-state index in [1.165, 1.54) is 13.1 Å². The third kappa shape index (κ3) is 5.02. The number of nitriles is 1. The van der Waals surface area contributed by atoms with Crippen LogP contribution in [0.3, 0.4) is 0 Å². The normalized spacial score (nSPS) is 10.6. The van der Waals surface area contributed by atoms with E-state index < -0.39 is 0 Å². The van der Waals surface area contributed by atoms with Gasteiger partial charge in [0.25, 0.3) is 0 Å². The maximum absolute atomic E-state index is 12.3. The van der Waals surface area contributed by atoms with Crippen molar-refractivity contribution in [3.63, 3.8) is 0 Å². The molecule has 1 heterocycles. The predicted octanol–water partition coefficient (Wildman–Crippen LogP) is 3.96. The highest BCUT2D eigenvalue weighted by molar-refractivity contribution is 6.03. The molecule has 3 N–H and O–H groups in total. The number of hydrogen-bond acceptors (Lipinski definition) is 3. The quantitative estimate of drug-likeness (QED) is 0.558. The van der Waals surface area contributed by atoms with E-state index >= 15 is 0 Å². The zero-order chi connectivity index (χ0) is 20.6. The molecule has 7 nitrogen and oxygen atoms in total. The Balaban J connectivity index is 1.69. The zero-order valence-electron chi connectivity index (χ0n) is 16.0. The van der Waals surface area contributed by atoms with Crippen molar-refractivity contribution in [2.24, 2.45) is 0 Å². The Bertz CT molecular complexity index is 1090. The highest BCUT2D eigenvalue weighted by Gasteiger charge is 2.06. The summed E-state index contributed by atoms with van der Waals surface area (Å²) in [5.41, 5.74) is 3.20. The zero-order valence-corrected chi connectivity index (χ0v) is 16.0. The molecule has 0 aliphatic heterocycles. The molecular weight excluding hydrogens is 366 g/mol. The first-order valence-corrected chi connectivity index (χ1v) is 9.13. The van der Waals surface area contributed by atoms with Crippen LogP contribution >= 0.6 is 0 Å². The van der Waals surface area contributed by atoms with Crippen molar-refractivity contribution in [2.75, 3.05) is 17.7 Å². The first kappa shape index (κ1) is 19.7. The molecule has 0 saturated heterocycles. The summed E-state index contributed by atoms with van der Waals surface area (Å²) in [5, 5.41) is 17.8. The molecule has 3 rings (SSSR count). The molecule has 0 fully saturated rings. The molecule has 0 bridgehead atoms. The Morgan fingerprint density at radius 2 is 1.76 bits per heavy atom. The molecule has 7 heteroatoms. The Kier molecular flexibility index (Phi) is 6.28. The Hall–Kier alpha value is -4.05. The highest BCUT2D eigenvalue weighted by Crippen LogP contribution is 2.23.